The number of esters is 2. The number of unbranched alkanes of at least 4 members (excludes halogenated alkanes) is 12. The van der Waals surface area contributed by atoms with Gasteiger partial charge >= 0.3 is 33.6 Å². The molecule has 0 radical (unpaired) electrons. The fourth-order valence-electron chi connectivity index (χ4n) is 6.10. The number of thioether (sulfide) groups is 1. The highest BCUT2D eigenvalue weighted by atomic mass is 32.2. The van der Waals surface area contributed by atoms with Crippen molar-refractivity contribution in [2.75, 3.05) is 32.2 Å². The summed E-state index contributed by atoms with van der Waals surface area (Å²) in [4.78, 5) is 64.7. The van der Waals surface area contributed by atoms with Crippen molar-refractivity contribution in [3.8, 4) is 0 Å². The van der Waals surface area contributed by atoms with Gasteiger partial charge in [0.25, 0.3) is 0 Å². The van der Waals surface area contributed by atoms with Gasteiger partial charge in [0, 0.05) is 23.8 Å². The maximum absolute atomic E-state index is 13.2. The van der Waals surface area contributed by atoms with Crippen molar-refractivity contribution in [1.29, 1.82) is 0 Å². The minimum absolute atomic E-state index is 0.0695. The molecule has 0 aromatic carbocycles. The molecule has 0 aliphatic rings. The molecule has 0 saturated carbocycles. The van der Waals surface area contributed by atoms with E-state index >= 15 is 0 Å². The van der Waals surface area contributed by atoms with Crippen molar-refractivity contribution in [1.82, 2.24) is 0 Å². The minimum atomic E-state index is -4.97. The number of carbonyl (C=O) groups excluding carboxylic acids is 2. The molecule has 0 spiro atoms. The zero-order valence-corrected chi connectivity index (χ0v) is 42.2. The van der Waals surface area contributed by atoms with Crippen molar-refractivity contribution in [3.05, 3.63) is 48.6 Å². The van der Waals surface area contributed by atoms with Gasteiger partial charge in [-0.15, -0.1) is 11.8 Å². The highest BCUT2D eigenvalue weighted by Gasteiger charge is 2.30. The average molecular weight is 1000 g/mol. The van der Waals surface area contributed by atoms with E-state index in [2.05, 4.69) is 42.0 Å². The first-order valence-electron chi connectivity index (χ1n) is 23.7. The Morgan fingerprint density at radius 2 is 1.32 bits per heavy atom. The molecule has 0 bridgehead atoms. The zero-order chi connectivity index (χ0) is 49.5. The van der Waals surface area contributed by atoms with Crippen LogP contribution in [0.15, 0.2) is 48.6 Å². The van der Waals surface area contributed by atoms with Crippen LogP contribution in [0, 0.1) is 5.92 Å². The first kappa shape index (κ1) is 63.8. The van der Waals surface area contributed by atoms with Crippen LogP contribution in [-0.4, -0.2) is 110 Å². The van der Waals surface area contributed by atoms with E-state index in [1.54, 1.807) is 18.2 Å². The smallest absolute Gasteiger partial charge is 0.472 e. The maximum atomic E-state index is 13.2. The lowest BCUT2D eigenvalue weighted by Crippen LogP contribution is -2.40. The number of allylic oxidation sites excluding steroid dienone is 7. The first-order valence-corrected chi connectivity index (χ1v) is 27.7. The van der Waals surface area contributed by atoms with E-state index in [-0.39, 0.29) is 31.4 Å². The number of phosphoric ester groups is 2. The predicted molar refractivity (Wildman–Crippen MR) is 258 cm³/mol. The number of carboxylic acids is 1. The molecule has 0 aromatic rings. The normalized spacial score (nSPS) is 16.1. The van der Waals surface area contributed by atoms with E-state index in [0.29, 0.717) is 6.42 Å². The molecule has 0 saturated heterocycles. The van der Waals surface area contributed by atoms with Gasteiger partial charge in [0.05, 0.1) is 25.9 Å². The third-order valence-corrected chi connectivity index (χ3v) is 13.1. The zero-order valence-electron chi connectivity index (χ0n) is 39.6. The van der Waals surface area contributed by atoms with Crippen molar-refractivity contribution in [2.45, 2.75) is 185 Å². The Bertz CT molecular complexity index is 1490. The summed E-state index contributed by atoms with van der Waals surface area (Å²) >= 11 is 1.13. The van der Waals surface area contributed by atoms with Crippen LogP contribution in [0.1, 0.15) is 156 Å². The third kappa shape index (κ3) is 40.8. The standard InChI is InChI=1S/C46H83NO16P2S/c1-4-6-7-8-9-10-11-12-16-19-22-25-30-43(42(49)29-27-31-44(50)51)66-37-41(47)46(53)63-40(36-62-65(57,58)61-34-39(48)33-60-64(54,55)56)35-59-45(52)32-26-23-20-17-14-13-15-18-21-24-28-38(3)5-2/h9-10,12,16,19,22,25,30,38-43,48-49H,4-8,11,13-15,17-18,20-21,23-24,26-29,31-37,47H2,1-3H3,(H,50,51)(H,57,58)(H2,54,55,56)/b10-9-,16-12-,22-19+,30-25+/t38?,39-,40+,41-,42-,43+/m0/s1. The van der Waals surface area contributed by atoms with Gasteiger partial charge in [-0.25, -0.2) is 9.13 Å². The molecule has 0 fully saturated rings. The van der Waals surface area contributed by atoms with Gasteiger partial charge in [0.1, 0.15) is 18.8 Å². The molecule has 0 aliphatic carbocycles. The number of ether oxygens (including phenoxy) is 2. The second-order valence-corrected chi connectivity index (χ2v) is 20.4. The number of carbonyl (C=O) groups is 3. The number of aliphatic carboxylic acids is 1. The molecule has 66 heavy (non-hydrogen) atoms. The molecule has 0 rings (SSSR count). The van der Waals surface area contributed by atoms with E-state index in [4.69, 9.17) is 34.6 Å². The van der Waals surface area contributed by atoms with Crippen LogP contribution in [0.2, 0.25) is 0 Å². The van der Waals surface area contributed by atoms with Gasteiger partial charge in [-0.2, -0.15) is 0 Å². The predicted octanol–water partition coefficient (Wildman–Crippen LogP) is 9.01. The number of hydrogen-bond acceptors (Lipinski definition) is 14. The van der Waals surface area contributed by atoms with Gasteiger partial charge in [-0.3, -0.25) is 28.0 Å². The second kappa shape index (κ2) is 40.7. The van der Waals surface area contributed by atoms with Gasteiger partial charge in [0.2, 0.25) is 0 Å². The minimum Gasteiger partial charge on any atom is -0.481 e. The molecule has 384 valence electrons. The second-order valence-electron chi connectivity index (χ2n) is 16.5. The molecule has 0 amide bonds. The van der Waals surface area contributed by atoms with E-state index in [1.165, 1.54) is 64.2 Å². The molecule has 7 atom stereocenters. The molecular weight excluding hydrogens is 917 g/mol. The van der Waals surface area contributed by atoms with Crippen molar-refractivity contribution < 1.29 is 76.6 Å². The lowest BCUT2D eigenvalue weighted by molar-refractivity contribution is -0.161. The Morgan fingerprint density at radius 1 is 0.697 bits per heavy atom. The molecule has 2 unspecified atom stereocenters. The Balaban J connectivity index is 5.40. The lowest BCUT2D eigenvalue weighted by Gasteiger charge is -2.23. The Morgan fingerprint density at radius 3 is 1.95 bits per heavy atom. The Hall–Kier alpha value is -2.18. The number of aliphatic hydroxyl groups is 2. The lowest BCUT2D eigenvalue weighted by atomic mass is 9.99. The summed E-state index contributed by atoms with van der Waals surface area (Å²) in [5.41, 5.74) is 6.19. The largest absolute Gasteiger partial charge is 0.481 e. The number of nitrogens with two attached hydrogens (primary N) is 1. The Labute approximate surface area is 398 Å². The number of hydrogen-bond donors (Lipinski definition) is 7. The molecular formula is C46H83NO16P2S. The molecule has 17 nitrogen and oxygen atoms in total. The molecule has 0 aromatic heterocycles. The van der Waals surface area contributed by atoms with Crippen molar-refractivity contribution >= 4 is 45.3 Å². The molecule has 0 aliphatic heterocycles. The van der Waals surface area contributed by atoms with Gasteiger partial charge in [-0.1, -0.05) is 153 Å². The van der Waals surface area contributed by atoms with Crippen LogP contribution in [0.25, 0.3) is 0 Å². The van der Waals surface area contributed by atoms with E-state index < -0.39 is 89.6 Å². The maximum Gasteiger partial charge on any atom is 0.472 e. The van der Waals surface area contributed by atoms with Gasteiger partial charge < -0.3 is 45.2 Å². The van der Waals surface area contributed by atoms with Crippen LogP contribution in [0.3, 0.4) is 0 Å². The average Bonchev–Trinajstić information content (AvgIpc) is 3.26. The molecule has 0 heterocycles. The van der Waals surface area contributed by atoms with E-state index in [9.17, 15) is 38.6 Å². The van der Waals surface area contributed by atoms with Crippen LogP contribution >= 0.6 is 27.4 Å². The van der Waals surface area contributed by atoms with Crippen LogP contribution in [0.4, 0.5) is 0 Å². The summed E-state index contributed by atoms with van der Waals surface area (Å²) in [5.74, 6) is -1.84. The summed E-state index contributed by atoms with van der Waals surface area (Å²) in [7, 11) is -9.90. The highest BCUT2D eigenvalue weighted by Crippen LogP contribution is 2.44. The number of aliphatic hydroxyl groups excluding tert-OH is 2. The summed E-state index contributed by atoms with van der Waals surface area (Å²) in [5, 5.41) is 29.2. The van der Waals surface area contributed by atoms with Gasteiger partial charge in [-0.05, 0) is 44.4 Å². The summed E-state index contributed by atoms with van der Waals surface area (Å²) in [6, 6.07) is -1.29. The highest BCUT2D eigenvalue weighted by molar-refractivity contribution is 8.00. The number of rotatable bonds is 44. The van der Waals surface area contributed by atoms with Gasteiger partial charge in [0.15, 0.2) is 6.10 Å². The number of phosphoric acid groups is 2. The fraction of sp³-hybridized carbons (Fsp3) is 0.761. The fourth-order valence-corrected chi connectivity index (χ4v) is 8.38. The van der Waals surface area contributed by atoms with Crippen LogP contribution in [-0.2, 0) is 46.6 Å². The van der Waals surface area contributed by atoms with E-state index in [0.717, 1.165) is 56.2 Å². The topological polar surface area (TPSA) is 279 Å². The third-order valence-electron chi connectivity index (χ3n) is 10.3. The monoisotopic (exact) mass is 999 g/mol. The molecule has 20 heteroatoms. The van der Waals surface area contributed by atoms with Crippen LogP contribution < -0.4 is 5.73 Å². The van der Waals surface area contributed by atoms with Crippen molar-refractivity contribution in [2.24, 2.45) is 11.7 Å². The summed E-state index contributed by atoms with van der Waals surface area (Å²) in [6.07, 6.45) is 30.2. The number of carboxylic acid groups (broad SMARTS) is 1. The summed E-state index contributed by atoms with van der Waals surface area (Å²) in [6.45, 7) is 3.47. The van der Waals surface area contributed by atoms with E-state index in [1.807, 2.05) is 18.2 Å². The van der Waals surface area contributed by atoms with Crippen LogP contribution in [0.5, 0.6) is 0 Å². The van der Waals surface area contributed by atoms with Crippen molar-refractivity contribution in [3.63, 3.8) is 0 Å². The quantitative estimate of drug-likeness (QED) is 0.00985. The SMILES string of the molecule is CCCCC/C=C\C\C=C/C=C/C=C/[C@@H](SC[C@H](N)C(=O)O[C@H](COC(=O)CCCCCCCCCCCCC(C)CC)COP(=O)(O)OC[C@@H](O)COP(=O)(O)O)[C@@H](O)CCCC(=O)O. The first-order chi connectivity index (χ1) is 31.4. The summed E-state index contributed by atoms with van der Waals surface area (Å²) < 4.78 is 48.0. The molecule has 8 N–H and O–H groups in total. The Kier molecular flexibility index (Phi) is 39.3.